The number of halogens is 3. The van der Waals surface area contributed by atoms with Crippen molar-refractivity contribution in [3.63, 3.8) is 0 Å². The molecular formula is C20H27F3N2O2. The van der Waals surface area contributed by atoms with Gasteiger partial charge in [0.15, 0.2) is 0 Å². The Morgan fingerprint density at radius 1 is 1.26 bits per heavy atom. The maximum absolute atomic E-state index is 12.3. The van der Waals surface area contributed by atoms with Crippen LogP contribution in [0.15, 0.2) is 24.3 Å². The van der Waals surface area contributed by atoms with E-state index in [9.17, 15) is 18.0 Å². The first kappa shape index (κ1) is 20.0. The molecule has 1 aliphatic carbocycles. The number of rotatable bonds is 8. The van der Waals surface area contributed by atoms with E-state index in [1.165, 1.54) is 31.0 Å². The lowest BCUT2D eigenvalue weighted by Crippen LogP contribution is -2.33. The number of hydrogen-bond acceptors (Lipinski definition) is 3. The van der Waals surface area contributed by atoms with Gasteiger partial charge in [-0.2, -0.15) is 0 Å². The number of nitrogens with zero attached hydrogens (tertiary/aromatic N) is 1. The van der Waals surface area contributed by atoms with Crippen LogP contribution in [0.5, 0.6) is 5.75 Å². The Morgan fingerprint density at radius 2 is 1.93 bits per heavy atom. The number of nitrogens with one attached hydrogen (secondary N) is 1. The highest BCUT2D eigenvalue weighted by Gasteiger charge is 2.55. The number of hydrogen-bond donors (Lipinski definition) is 1. The maximum Gasteiger partial charge on any atom is 0.573 e. The number of carbonyl (C=O) groups is 1. The second kappa shape index (κ2) is 8.09. The summed E-state index contributed by atoms with van der Waals surface area (Å²) in [6.07, 6.45) is -2.35. The molecule has 1 amide bonds. The van der Waals surface area contributed by atoms with Gasteiger partial charge in [-0.05, 0) is 41.9 Å². The quantitative estimate of drug-likeness (QED) is 0.738. The number of benzene rings is 1. The van der Waals surface area contributed by atoms with Gasteiger partial charge in [0.05, 0.1) is 0 Å². The number of fused-ring (bicyclic) bond motifs is 1. The number of piperidine rings is 1. The van der Waals surface area contributed by atoms with Crippen molar-refractivity contribution in [3.05, 3.63) is 29.8 Å². The topological polar surface area (TPSA) is 41.6 Å². The van der Waals surface area contributed by atoms with E-state index in [4.69, 9.17) is 0 Å². The Bertz CT molecular complexity index is 649. The van der Waals surface area contributed by atoms with Crippen LogP contribution in [-0.2, 0) is 0 Å². The molecule has 0 bridgehead atoms. The molecule has 150 valence electrons. The second-order valence-electron chi connectivity index (χ2n) is 7.68. The zero-order valence-electron chi connectivity index (χ0n) is 15.8. The van der Waals surface area contributed by atoms with Gasteiger partial charge in [0, 0.05) is 31.7 Å². The largest absolute Gasteiger partial charge is 0.573 e. The molecular weight excluding hydrogens is 357 g/mol. The third-order valence-corrected chi connectivity index (χ3v) is 5.95. The van der Waals surface area contributed by atoms with Crippen molar-refractivity contribution < 1.29 is 22.7 Å². The van der Waals surface area contributed by atoms with Crippen LogP contribution in [0.3, 0.4) is 0 Å². The molecule has 27 heavy (non-hydrogen) atoms. The second-order valence-corrected chi connectivity index (χ2v) is 7.68. The monoisotopic (exact) mass is 384 g/mol. The van der Waals surface area contributed by atoms with Gasteiger partial charge in [0.2, 0.25) is 0 Å². The van der Waals surface area contributed by atoms with Gasteiger partial charge in [-0.25, -0.2) is 0 Å². The lowest BCUT2D eigenvalue weighted by molar-refractivity contribution is -0.274. The van der Waals surface area contributed by atoms with Crippen LogP contribution in [0, 0.1) is 23.7 Å². The minimum absolute atomic E-state index is 0.179. The van der Waals surface area contributed by atoms with E-state index in [1.807, 2.05) is 0 Å². The molecule has 1 aliphatic heterocycles. The van der Waals surface area contributed by atoms with Crippen molar-refractivity contribution in [1.82, 2.24) is 10.2 Å². The molecule has 1 heterocycles. The molecule has 2 fully saturated rings. The highest BCUT2D eigenvalue weighted by atomic mass is 19.4. The summed E-state index contributed by atoms with van der Waals surface area (Å²) in [6, 6.07) is 5.18. The van der Waals surface area contributed by atoms with Gasteiger partial charge in [0.1, 0.15) is 5.75 Å². The molecule has 7 heteroatoms. The number of amides is 1. The van der Waals surface area contributed by atoms with Crippen molar-refractivity contribution in [2.45, 2.75) is 33.1 Å². The van der Waals surface area contributed by atoms with E-state index < -0.39 is 6.36 Å². The van der Waals surface area contributed by atoms with E-state index in [0.717, 1.165) is 31.6 Å². The third-order valence-electron chi connectivity index (χ3n) is 5.95. The molecule has 2 aliphatic rings. The van der Waals surface area contributed by atoms with Crippen molar-refractivity contribution >= 4 is 5.91 Å². The third kappa shape index (κ3) is 5.15. The fourth-order valence-electron chi connectivity index (χ4n) is 4.25. The van der Waals surface area contributed by atoms with Crippen LogP contribution in [0.4, 0.5) is 13.2 Å². The first-order valence-electron chi connectivity index (χ1n) is 9.67. The highest BCUT2D eigenvalue weighted by molar-refractivity contribution is 5.94. The Kier molecular flexibility index (Phi) is 5.99. The Morgan fingerprint density at radius 3 is 2.52 bits per heavy atom. The minimum atomic E-state index is -4.76. The predicted octanol–water partition coefficient (Wildman–Crippen LogP) is 3.93. The fraction of sp³-hybridized carbons (Fsp3) is 0.650. The number of carbonyl (C=O) groups excluding carboxylic acids is 1. The molecule has 1 N–H and O–H groups in total. The van der Waals surface area contributed by atoms with Gasteiger partial charge in [0.25, 0.3) is 5.91 Å². The van der Waals surface area contributed by atoms with Gasteiger partial charge < -0.3 is 15.0 Å². The maximum atomic E-state index is 12.3. The Labute approximate surface area is 158 Å². The van der Waals surface area contributed by atoms with Crippen molar-refractivity contribution in [2.75, 3.05) is 26.2 Å². The van der Waals surface area contributed by atoms with Crippen LogP contribution < -0.4 is 10.1 Å². The number of ether oxygens (including phenoxy) is 1. The van der Waals surface area contributed by atoms with Crippen LogP contribution >= 0.6 is 0 Å². The normalized spacial score (nSPS) is 24.7. The van der Waals surface area contributed by atoms with Crippen LogP contribution in [0.25, 0.3) is 0 Å². The Hall–Kier alpha value is -1.76. The van der Waals surface area contributed by atoms with Crippen LogP contribution in [0.2, 0.25) is 0 Å². The summed E-state index contributed by atoms with van der Waals surface area (Å²) in [5.74, 6) is 1.78. The van der Waals surface area contributed by atoms with Gasteiger partial charge >= 0.3 is 6.36 Å². The molecule has 0 aromatic heterocycles. The SMILES string of the molecule is CCC(CC)CN1CC2C(CNC(=O)c3cccc(OC(F)(F)F)c3)C2C1. The molecule has 4 nitrogen and oxygen atoms in total. The lowest BCUT2D eigenvalue weighted by atomic mass is 10.0. The van der Waals surface area contributed by atoms with Crippen LogP contribution in [0.1, 0.15) is 37.0 Å². The smallest absolute Gasteiger partial charge is 0.406 e. The first-order chi connectivity index (χ1) is 12.8. The van der Waals surface area contributed by atoms with E-state index in [2.05, 4.69) is 28.8 Å². The van der Waals surface area contributed by atoms with Crippen LogP contribution in [-0.4, -0.2) is 43.3 Å². The highest BCUT2D eigenvalue weighted by Crippen LogP contribution is 2.51. The summed E-state index contributed by atoms with van der Waals surface area (Å²) in [7, 11) is 0. The fourth-order valence-corrected chi connectivity index (χ4v) is 4.25. The molecule has 1 aromatic carbocycles. The molecule has 0 spiro atoms. The summed E-state index contributed by atoms with van der Waals surface area (Å²) in [5, 5.41) is 2.86. The molecule has 2 atom stereocenters. The standard InChI is InChI=1S/C20H27F3N2O2/c1-3-13(4-2)10-25-11-17-16(18(17)12-25)9-24-19(26)14-6-5-7-15(8-14)27-20(21,22)23/h5-8,13,16-18H,3-4,9-12H2,1-2H3,(H,24,26). The number of alkyl halides is 3. The minimum Gasteiger partial charge on any atom is -0.406 e. The zero-order valence-corrected chi connectivity index (χ0v) is 15.8. The average molecular weight is 384 g/mol. The van der Waals surface area contributed by atoms with E-state index in [1.54, 1.807) is 0 Å². The predicted molar refractivity (Wildman–Crippen MR) is 96.4 cm³/mol. The molecule has 3 rings (SSSR count). The van der Waals surface area contributed by atoms with Crippen molar-refractivity contribution in [1.29, 1.82) is 0 Å². The summed E-state index contributed by atoms with van der Waals surface area (Å²) in [6.45, 7) is 8.39. The molecule has 0 radical (unpaired) electrons. The van der Waals surface area contributed by atoms with E-state index in [0.29, 0.717) is 24.3 Å². The Balaban J connectivity index is 1.44. The summed E-state index contributed by atoms with van der Waals surface area (Å²) >= 11 is 0. The zero-order chi connectivity index (χ0) is 19.6. The average Bonchev–Trinajstić information content (AvgIpc) is 3.07. The number of likely N-dealkylation sites (tertiary alicyclic amines) is 1. The van der Waals surface area contributed by atoms with E-state index in [-0.39, 0.29) is 17.2 Å². The summed E-state index contributed by atoms with van der Waals surface area (Å²) in [5.41, 5.74) is 0.179. The summed E-state index contributed by atoms with van der Waals surface area (Å²) in [4.78, 5) is 14.8. The van der Waals surface area contributed by atoms with Gasteiger partial charge in [-0.3, -0.25) is 4.79 Å². The summed E-state index contributed by atoms with van der Waals surface area (Å²) < 4.78 is 40.8. The lowest BCUT2D eigenvalue weighted by Gasteiger charge is -2.24. The molecule has 2 unspecified atom stereocenters. The molecule has 1 saturated heterocycles. The van der Waals surface area contributed by atoms with Crippen molar-refractivity contribution in [2.24, 2.45) is 23.7 Å². The van der Waals surface area contributed by atoms with Gasteiger partial charge in [-0.15, -0.1) is 13.2 Å². The van der Waals surface area contributed by atoms with Gasteiger partial charge in [-0.1, -0.05) is 32.8 Å². The molecule has 1 aromatic rings. The molecule has 1 saturated carbocycles. The van der Waals surface area contributed by atoms with Crippen molar-refractivity contribution in [3.8, 4) is 5.75 Å². The van der Waals surface area contributed by atoms with E-state index >= 15 is 0 Å². The first-order valence-corrected chi connectivity index (χ1v) is 9.67.